The van der Waals surface area contributed by atoms with Gasteiger partial charge >= 0.3 is 0 Å². The van der Waals surface area contributed by atoms with E-state index in [0.717, 1.165) is 6.42 Å². The molecule has 2 rings (SSSR count). The first-order chi connectivity index (χ1) is 6.27. The molecule has 1 heterocycles. The predicted molar refractivity (Wildman–Crippen MR) is 47.6 cm³/mol. The Hall–Kier alpha value is -1.38. The number of rotatable bonds is 1. The third-order valence-corrected chi connectivity index (χ3v) is 2.54. The fraction of sp³-hybridized carbons (Fsp3) is 0.400. The van der Waals surface area contributed by atoms with Gasteiger partial charge in [0.2, 0.25) is 11.8 Å². The summed E-state index contributed by atoms with van der Waals surface area (Å²) in [6, 6.07) is 0. The second-order valence-corrected chi connectivity index (χ2v) is 3.44. The van der Waals surface area contributed by atoms with Crippen LogP contribution in [0.15, 0.2) is 24.3 Å². The first kappa shape index (κ1) is 8.23. The van der Waals surface area contributed by atoms with E-state index in [4.69, 9.17) is 0 Å². The number of carbonyl (C=O) groups is 2. The monoisotopic (exact) mass is 177 g/mol. The maximum absolute atomic E-state index is 11.3. The molecule has 68 valence electrons. The van der Waals surface area contributed by atoms with E-state index in [9.17, 15) is 9.59 Å². The van der Waals surface area contributed by atoms with Crippen LogP contribution in [0.2, 0.25) is 0 Å². The molecule has 0 bridgehead atoms. The maximum atomic E-state index is 11.3. The summed E-state index contributed by atoms with van der Waals surface area (Å²) in [7, 11) is 0. The van der Waals surface area contributed by atoms with Crippen molar-refractivity contribution in [3.63, 3.8) is 0 Å². The molecule has 1 N–H and O–H groups in total. The van der Waals surface area contributed by atoms with Gasteiger partial charge in [0, 0.05) is 6.42 Å². The Morgan fingerprint density at radius 2 is 2.15 bits per heavy atom. The zero-order chi connectivity index (χ0) is 9.26. The normalized spacial score (nSPS) is 32.3. The molecule has 2 unspecified atom stereocenters. The summed E-state index contributed by atoms with van der Waals surface area (Å²) < 4.78 is 0. The molecule has 3 nitrogen and oxygen atoms in total. The SMILES string of the molecule is O=C1CC(C2C=CC=CC2)C(=O)N1. The summed E-state index contributed by atoms with van der Waals surface area (Å²) in [5.41, 5.74) is 0. The van der Waals surface area contributed by atoms with Gasteiger partial charge in [0.25, 0.3) is 0 Å². The molecule has 3 heteroatoms. The van der Waals surface area contributed by atoms with Gasteiger partial charge in [-0.1, -0.05) is 24.3 Å². The summed E-state index contributed by atoms with van der Waals surface area (Å²) in [6.07, 6.45) is 9.14. The quantitative estimate of drug-likeness (QED) is 0.602. The molecule has 1 saturated heterocycles. The molecule has 0 aromatic heterocycles. The molecule has 0 saturated carbocycles. The van der Waals surface area contributed by atoms with Crippen molar-refractivity contribution in [2.75, 3.05) is 0 Å². The van der Waals surface area contributed by atoms with Crippen molar-refractivity contribution in [1.82, 2.24) is 5.32 Å². The van der Waals surface area contributed by atoms with E-state index in [1.807, 2.05) is 24.3 Å². The minimum atomic E-state index is -0.145. The zero-order valence-corrected chi connectivity index (χ0v) is 7.19. The van der Waals surface area contributed by atoms with Gasteiger partial charge in [-0.3, -0.25) is 14.9 Å². The molecule has 0 aromatic rings. The van der Waals surface area contributed by atoms with Gasteiger partial charge in [-0.2, -0.15) is 0 Å². The second kappa shape index (κ2) is 3.17. The van der Waals surface area contributed by atoms with Crippen molar-refractivity contribution in [2.45, 2.75) is 12.8 Å². The van der Waals surface area contributed by atoms with E-state index in [1.165, 1.54) is 0 Å². The number of amides is 2. The van der Waals surface area contributed by atoms with Gasteiger partial charge in [-0.15, -0.1) is 0 Å². The summed E-state index contributed by atoms with van der Waals surface area (Å²) in [4.78, 5) is 22.2. The molecular weight excluding hydrogens is 166 g/mol. The van der Waals surface area contributed by atoms with Crippen LogP contribution in [0.1, 0.15) is 12.8 Å². The van der Waals surface area contributed by atoms with Crippen molar-refractivity contribution in [1.29, 1.82) is 0 Å². The number of carbonyl (C=O) groups excluding carboxylic acids is 2. The maximum Gasteiger partial charge on any atom is 0.230 e. The fourth-order valence-corrected chi connectivity index (χ4v) is 1.82. The first-order valence-corrected chi connectivity index (χ1v) is 4.44. The zero-order valence-electron chi connectivity index (χ0n) is 7.19. The second-order valence-electron chi connectivity index (χ2n) is 3.44. The smallest absolute Gasteiger partial charge is 0.230 e. The first-order valence-electron chi connectivity index (χ1n) is 4.44. The lowest BCUT2D eigenvalue weighted by molar-refractivity contribution is -0.126. The summed E-state index contributed by atoms with van der Waals surface area (Å²) in [5, 5.41) is 2.33. The van der Waals surface area contributed by atoms with Gasteiger partial charge in [0.1, 0.15) is 0 Å². The lowest BCUT2D eigenvalue weighted by Crippen LogP contribution is -2.25. The molecular formula is C10H11NO2. The Labute approximate surface area is 76.5 Å². The Morgan fingerprint density at radius 1 is 1.31 bits per heavy atom. The molecule has 13 heavy (non-hydrogen) atoms. The third kappa shape index (κ3) is 1.54. The van der Waals surface area contributed by atoms with Crippen LogP contribution in [0.4, 0.5) is 0 Å². The lowest BCUT2D eigenvalue weighted by atomic mass is 9.86. The van der Waals surface area contributed by atoms with Gasteiger partial charge in [0.05, 0.1) is 5.92 Å². The van der Waals surface area contributed by atoms with Crippen LogP contribution in [-0.2, 0) is 9.59 Å². The highest BCUT2D eigenvalue weighted by atomic mass is 16.2. The van der Waals surface area contributed by atoms with Crippen LogP contribution in [-0.4, -0.2) is 11.8 Å². The molecule has 0 spiro atoms. The minimum Gasteiger partial charge on any atom is -0.296 e. The largest absolute Gasteiger partial charge is 0.296 e. The molecule has 0 radical (unpaired) electrons. The highest BCUT2D eigenvalue weighted by Crippen LogP contribution is 2.27. The van der Waals surface area contributed by atoms with Crippen molar-refractivity contribution in [2.24, 2.45) is 11.8 Å². The van der Waals surface area contributed by atoms with Crippen LogP contribution in [0.5, 0.6) is 0 Å². The number of allylic oxidation sites excluding steroid dienone is 4. The van der Waals surface area contributed by atoms with Gasteiger partial charge < -0.3 is 0 Å². The number of hydrogen-bond donors (Lipinski definition) is 1. The number of imide groups is 1. The molecule has 2 aliphatic rings. The predicted octanol–water partition coefficient (Wildman–Crippen LogP) is 0.781. The minimum absolute atomic E-state index is 0.116. The highest BCUT2D eigenvalue weighted by molar-refractivity contribution is 6.03. The van der Waals surface area contributed by atoms with E-state index in [0.29, 0.717) is 6.42 Å². The summed E-state index contributed by atoms with van der Waals surface area (Å²) in [6.45, 7) is 0. The molecule has 1 fully saturated rings. The summed E-state index contributed by atoms with van der Waals surface area (Å²) >= 11 is 0. The Bertz CT molecular complexity index is 304. The molecule has 1 aliphatic heterocycles. The third-order valence-electron chi connectivity index (χ3n) is 2.54. The van der Waals surface area contributed by atoms with E-state index >= 15 is 0 Å². The van der Waals surface area contributed by atoms with E-state index in [-0.39, 0.29) is 23.7 Å². The van der Waals surface area contributed by atoms with Crippen LogP contribution in [0.3, 0.4) is 0 Å². The molecule has 0 aromatic carbocycles. The Kier molecular flexibility index (Phi) is 2.00. The summed E-state index contributed by atoms with van der Waals surface area (Å²) in [5.74, 6) is -0.196. The Balaban J connectivity index is 2.09. The molecule has 2 amide bonds. The molecule has 1 aliphatic carbocycles. The van der Waals surface area contributed by atoms with Crippen molar-refractivity contribution in [3.05, 3.63) is 24.3 Å². The lowest BCUT2D eigenvalue weighted by Gasteiger charge is -2.16. The fourth-order valence-electron chi connectivity index (χ4n) is 1.82. The highest BCUT2D eigenvalue weighted by Gasteiger charge is 2.35. The van der Waals surface area contributed by atoms with E-state index < -0.39 is 0 Å². The topological polar surface area (TPSA) is 46.2 Å². The average molecular weight is 177 g/mol. The number of hydrogen-bond acceptors (Lipinski definition) is 2. The van der Waals surface area contributed by atoms with Gasteiger partial charge in [0.15, 0.2) is 0 Å². The van der Waals surface area contributed by atoms with Crippen LogP contribution in [0, 0.1) is 11.8 Å². The number of nitrogens with one attached hydrogen (secondary N) is 1. The van der Waals surface area contributed by atoms with Crippen LogP contribution >= 0.6 is 0 Å². The van der Waals surface area contributed by atoms with Crippen molar-refractivity contribution >= 4 is 11.8 Å². The van der Waals surface area contributed by atoms with Gasteiger partial charge in [-0.25, -0.2) is 0 Å². The van der Waals surface area contributed by atoms with E-state index in [1.54, 1.807) is 0 Å². The van der Waals surface area contributed by atoms with Crippen LogP contribution < -0.4 is 5.32 Å². The van der Waals surface area contributed by atoms with Crippen molar-refractivity contribution in [3.8, 4) is 0 Å². The van der Waals surface area contributed by atoms with Crippen molar-refractivity contribution < 1.29 is 9.59 Å². The van der Waals surface area contributed by atoms with Crippen LogP contribution in [0.25, 0.3) is 0 Å². The van der Waals surface area contributed by atoms with E-state index in [2.05, 4.69) is 5.32 Å². The van der Waals surface area contributed by atoms with Gasteiger partial charge in [-0.05, 0) is 12.3 Å². The average Bonchev–Trinajstić information content (AvgIpc) is 2.47. The Morgan fingerprint density at radius 3 is 2.69 bits per heavy atom. The standard InChI is InChI=1S/C10H11NO2/c12-9-6-8(10(13)11-9)7-4-2-1-3-5-7/h1-4,7-8H,5-6H2,(H,11,12,13). The molecule has 2 atom stereocenters.